The molecule has 1 aromatic rings. The lowest BCUT2D eigenvalue weighted by Gasteiger charge is -2.27. The fourth-order valence-corrected chi connectivity index (χ4v) is 2.46. The van der Waals surface area contributed by atoms with Gasteiger partial charge in [0.15, 0.2) is 0 Å². The first-order chi connectivity index (χ1) is 8.70. The Morgan fingerprint density at radius 2 is 2.00 bits per heavy atom. The number of ether oxygens (including phenoxy) is 2. The van der Waals surface area contributed by atoms with Crippen LogP contribution in [0.15, 0.2) is 18.2 Å². The molecule has 1 aromatic carbocycles. The van der Waals surface area contributed by atoms with Crippen molar-refractivity contribution < 1.29 is 9.47 Å². The highest BCUT2D eigenvalue weighted by Gasteiger charge is 2.19. The van der Waals surface area contributed by atoms with Gasteiger partial charge in [-0.15, -0.1) is 0 Å². The van der Waals surface area contributed by atoms with E-state index in [1.165, 1.54) is 5.56 Å². The number of hydrogen-bond donors (Lipinski definition) is 1. The van der Waals surface area contributed by atoms with E-state index in [1.54, 1.807) is 7.11 Å². The van der Waals surface area contributed by atoms with E-state index in [1.807, 2.05) is 6.07 Å². The Hall–Kier alpha value is -1.06. The molecule has 1 fully saturated rings. The number of hydrogen-bond acceptors (Lipinski definition) is 3. The maximum absolute atomic E-state index is 6.15. The molecule has 18 heavy (non-hydrogen) atoms. The van der Waals surface area contributed by atoms with Crippen LogP contribution in [0.5, 0.6) is 5.75 Å². The van der Waals surface area contributed by atoms with Gasteiger partial charge in [0.25, 0.3) is 0 Å². The third-order valence-electron chi connectivity index (χ3n) is 3.51. The molecule has 1 aliphatic heterocycles. The zero-order valence-corrected chi connectivity index (χ0v) is 11.5. The van der Waals surface area contributed by atoms with Crippen molar-refractivity contribution in [3.8, 4) is 5.75 Å². The molecule has 0 aromatic heterocycles. The Labute approximate surface area is 109 Å². The van der Waals surface area contributed by atoms with E-state index in [0.29, 0.717) is 6.10 Å². The number of rotatable bonds is 4. The molecule has 100 valence electrons. The lowest BCUT2D eigenvalue weighted by atomic mass is 10.0. The minimum atomic E-state index is 0.0861. The monoisotopic (exact) mass is 249 g/mol. The maximum Gasteiger partial charge on any atom is 0.124 e. The third kappa shape index (κ3) is 3.24. The number of methoxy groups -OCH3 is 1. The Morgan fingerprint density at radius 3 is 2.67 bits per heavy atom. The van der Waals surface area contributed by atoms with Gasteiger partial charge >= 0.3 is 0 Å². The molecule has 0 saturated carbocycles. The summed E-state index contributed by atoms with van der Waals surface area (Å²) >= 11 is 0. The summed E-state index contributed by atoms with van der Waals surface area (Å²) in [5, 5.41) is 3.35. The Balaban J connectivity index is 2.07. The SMILES string of the molecule is COc1ccc(C)cc1C(C)OC1CCNCC1. The largest absolute Gasteiger partial charge is 0.496 e. The molecule has 0 spiro atoms. The zero-order valence-electron chi connectivity index (χ0n) is 11.5. The molecular weight excluding hydrogens is 226 g/mol. The van der Waals surface area contributed by atoms with Crippen molar-refractivity contribution in [3.05, 3.63) is 29.3 Å². The van der Waals surface area contributed by atoms with E-state index < -0.39 is 0 Å². The van der Waals surface area contributed by atoms with Crippen LogP contribution in [0, 0.1) is 6.92 Å². The van der Waals surface area contributed by atoms with Gasteiger partial charge in [-0.1, -0.05) is 11.6 Å². The molecular formula is C15H23NO2. The van der Waals surface area contributed by atoms with E-state index in [2.05, 4.69) is 31.3 Å². The zero-order chi connectivity index (χ0) is 13.0. The first-order valence-electron chi connectivity index (χ1n) is 6.71. The van der Waals surface area contributed by atoms with Gasteiger partial charge in [-0.05, 0) is 51.9 Å². The maximum atomic E-state index is 6.15. The minimum Gasteiger partial charge on any atom is -0.496 e. The fraction of sp³-hybridized carbons (Fsp3) is 0.600. The average molecular weight is 249 g/mol. The highest BCUT2D eigenvalue weighted by molar-refractivity contribution is 5.38. The van der Waals surface area contributed by atoms with Crippen LogP contribution in [0.4, 0.5) is 0 Å². The van der Waals surface area contributed by atoms with Crippen molar-refractivity contribution in [2.75, 3.05) is 20.2 Å². The minimum absolute atomic E-state index is 0.0861. The van der Waals surface area contributed by atoms with Crippen molar-refractivity contribution >= 4 is 0 Å². The second kappa shape index (κ2) is 6.21. The summed E-state index contributed by atoms with van der Waals surface area (Å²) < 4.78 is 11.6. The quantitative estimate of drug-likeness (QED) is 0.890. The molecule has 3 nitrogen and oxygen atoms in total. The van der Waals surface area contributed by atoms with Crippen LogP contribution in [-0.4, -0.2) is 26.3 Å². The Kier molecular flexibility index (Phi) is 4.61. The third-order valence-corrected chi connectivity index (χ3v) is 3.51. The molecule has 1 atom stereocenters. The first kappa shape index (κ1) is 13.4. The molecule has 2 rings (SSSR count). The number of aryl methyl sites for hydroxylation is 1. The van der Waals surface area contributed by atoms with Crippen LogP contribution in [0.2, 0.25) is 0 Å². The lowest BCUT2D eigenvalue weighted by molar-refractivity contribution is -0.0195. The van der Waals surface area contributed by atoms with Crippen molar-refractivity contribution in [2.24, 2.45) is 0 Å². The fourth-order valence-electron chi connectivity index (χ4n) is 2.46. The summed E-state index contributed by atoms with van der Waals surface area (Å²) in [5.41, 5.74) is 2.39. The van der Waals surface area contributed by atoms with Crippen LogP contribution in [0.25, 0.3) is 0 Å². The summed E-state index contributed by atoms with van der Waals surface area (Å²) in [6, 6.07) is 6.25. The standard InChI is InChI=1S/C15H23NO2/c1-11-4-5-15(17-3)14(10-11)12(2)18-13-6-8-16-9-7-13/h4-5,10,12-13,16H,6-9H2,1-3H3. The van der Waals surface area contributed by atoms with Gasteiger partial charge in [-0.2, -0.15) is 0 Å². The molecule has 0 bridgehead atoms. The smallest absolute Gasteiger partial charge is 0.124 e. The lowest BCUT2D eigenvalue weighted by Crippen LogP contribution is -2.33. The van der Waals surface area contributed by atoms with Crippen LogP contribution in [-0.2, 0) is 4.74 Å². The first-order valence-corrected chi connectivity index (χ1v) is 6.71. The topological polar surface area (TPSA) is 30.5 Å². The van der Waals surface area contributed by atoms with Gasteiger partial charge in [0.05, 0.1) is 19.3 Å². The van der Waals surface area contributed by atoms with E-state index >= 15 is 0 Å². The van der Waals surface area contributed by atoms with E-state index in [4.69, 9.17) is 9.47 Å². The predicted molar refractivity (Wildman–Crippen MR) is 73.1 cm³/mol. The van der Waals surface area contributed by atoms with Gasteiger partial charge in [0, 0.05) is 5.56 Å². The summed E-state index contributed by atoms with van der Waals surface area (Å²) in [4.78, 5) is 0. The van der Waals surface area contributed by atoms with Gasteiger partial charge in [-0.3, -0.25) is 0 Å². The average Bonchev–Trinajstić information content (AvgIpc) is 2.40. The summed E-state index contributed by atoms with van der Waals surface area (Å²) in [6.45, 7) is 6.32. The van der Waals surface area contributed by atoms with Gasteiger partial charge in [0.1, 0.15) is 5.75 Å². The van der Waals surface area contributed by atoms with Crippen molar-refractivity contribution in [3.63, 3.8) is 0 Å². The second-order valence-electron chi connectivity index (χ2n) is 4.97. The summed E-state index contributed by atoms with van der Waals surface area (Å²) in [7, 11) is 1.71. The Bertz CT molecular complexity index is 386. The number of nitrogens with one attached hydrogen (secondary N) is 1. The molecule has 1 heterocycles. The van der Waals surface area contributed by atoms with Crippen molar-refractivity contribution in [1.29, 1.82) is 0 Å². The Morgan fingerprint density at radius 1 is 1.28 bits per heavy atom. The predicted octanol–water partition coefficient (Wildman–Crippen LogP) is 2.83. The summed E-state index contributed by atoms with van der Waals surface area (Å²) in [6.07, 6.45) is 2.64. The highest BCUT2D eigenvalue weighted by atomic mass is 16.5. The molecule has 0 amide bonds. The van der Waals surface area contributed by atoms with Crippen LogP contribution >= 0.6 is 0 Å². The molecule has 1 saturated heterocycles. The summed E-state index contributed by atoms with van der Waals surface area (Å²) in [5.74, 6) is 0.919. The van der Waals surface area contributed by atoms with Gasteiger partial charge in [0.2, 0.25) is 0 Å². The molecule has 0 aliphatic carbocycles. The highest BCUT2D eigenvalue weighted by Crippen LogP contribution is 2.30. The van der Waals surface area contributed by atoms with E-state index in [0.717, 1.165) is 37.2 Å². The molecule has 1 aliphatic rings. The normalized spacial score (nSPS) is 18.6. The van der Waals surface area contributed by atoms with Crippen LogP contribution < -0.4 is 10.1 Å². The second-order valence-corrected chi connectivity index (χ2v) is 4.97. The number of benzene rings is 1. The van der Waals surface area contributed by atoms with E-state index in [-0.39, 0.29) is 6.10 Å². The molecule has 3 heteroatoms. The number of piperidine rings is 1. The van der Waals surface area contributed by atoms with Gasteiger partial charge < -0.3 is 14.8 Å². The van der Waals surface area contributed by atoms with Crippen LogP contribution in [0.1, 0.15) is 37.0 Å². The van der Waals surface area contributed by atoms with Crippen LogP contribution in [0.3, 0.4) is 0 Å². The van der Waals surface area contributed by atoms with Gasteiger partial charge in [-0.25, -0.2) is 0 Å². The van der Waals surface area contributed by atoms with Crippen molar-refractivity contribution in [2.45, 2.75) is 38.9 Å². The van der Waals surface area contributed by atoms with E-state index in [9.17, 15) is 0 Å². The molecule has 1 N–H and O–H groups in total. The molecule has 0 radical (unpaired) electrons. The molecule has 1 unspecified atom stereocenters. The van der Waals surface area contributed by atoms with Crippen molar-refractivity contribution in [1.82, 2.24) is 5.32 Å².